The lowest BCUT2D eigenvalue weighted by Crippen LogP contribution is -2.52. The van der Waals surface area contributed by atoms with Gasteiger partial charge in [-0.05, 0) is 39.2 Å². The van der Waals surface area contributed by atoms with E-state index in [2.05, 4.69) is 5.32 Å². The number of ether oxygens (including phenoxy) is 2. The molecule has 0 radical (unpaired) electrons. The maximum Gasteiger partial charge on any atom is 0.410 e. The van der Waals surface area contributed by atoms with Crippen molar-refractivity contribution in [3.05, 3.63) is 35.9 Å². The van der Waals surface area contributed by atoms with Crippen molar-refractivity contribution in [2.24, 2.45) is 0 Å². The molecule has 2 N–H and O–H groups in total. The molecule has 30 heavy (non-hydrogen) atoms. The van der Waals surface area contributed by atoms with Gasteiger partial charge in [0.15, 0.2) is 0 Å². The fourth-order valence-corrected chi connectivity index (χ4v) is 3.01. The van der Waals surface area contributed by atoms with E-state index in [9.17, 15) is 24.3 Å². The van der Waals surface area contributed by atoms with E-state index in [4.69, 9.17) is 9.47 Å². The number of hydrogen-bond acceptors (Lipinski definition) is 6. The van der Waals surface area contributed by atoms with Crippen LogP contribution in [-0.4, -0.2) is 58.2 Å². The molecule has 0 aromatic heterocycles. The molecule has 1 heterocycles. The highest BCUT2D eigenvalue weighted by molar-refractivity contribution is 5.91. The number of amides is 2. The van der Waals surface area contributed by atoms with Crippen LogP contribution < -0.4 is 5.32 Å². The Morgan fingerprint density at radius 1 is 1.20 bits per heavy atom. The Balaban J connectivity index is 1.93. The first-order valence-corrected chi connectivity index (χ1v) is 9.79. The zero-order valence-electron chi connectivity index (χ0n) is 17.4. The molecular formula is C21H28N2O7. The largest absolute Gasteiger partial charge is 0.480 e. The van der Waals surface area contributed by atoms with Crippen LogP contribution in [0.25, 0.3) is 0 Å². The predicted molar refractivity (Wildman–Crippen MR) is 106 cm³/mol. The second kappa shape index (κ2) is 10.1. The third-order valence-corrected chi connectivity index (χ3v) is 4.41. The normalized spacial score (nSPS) is 17.2. The number of carbonyl (C=O) groups is 4. The number of rotatable bonds is 7. The Morgan fingerprint density at radius 3 is 2.47 bits per heavy atom. The molecule has 2 amide bonds. The van der Waals surface area contributed by atoms with Gasteiger partial charge < -0.3 is 19.9 Å². The Bertz CT molecular complexity index is 773. The summed E-state index contributed by atoms with van der Waals surface area (Å²) in [6, 6.07) is 6.65. The molecule has 0 unspecified atom stereocenters. The monoisotopic (exact) mass is 420 g/mol. The quantitative estimate of drug-likeness (QED) is 0.648. The van der Waals surface area contributed by atoms with Crippen LogP contribution in [-0.2, 0) is 30.5 Å². The molecule has 0 aliphatic carbocycles. The van der Waals surface area contributed by atoms with Crippen molar-refractivity contribution in [3.63, 3.8) is 0 Å². The summed E-state index contributed by atoms with van der Waals surface area (Å²) in [4.78, 5) is 49.8. The average Bonchev–Trinajstić information content (AvgIpc) is 3.15. The van der Waals surface area contributed by atoms with Crippen LogP contribution in [0.5, 0.6) is 0 Å². The Hall–Kier alpha value is -3.10. The van der Waals surface area contributed by atoms with E-state index < -0.39 is 48.0 Å². The van der Waals surface area contributed by atoms with Gasteiger partial charge in [0, 0.05) is 6.54 Å². The van der Waals surface area contributed by atoms with E-state index >= 15 is 0 Å². The molecule has 0 saturated carbocycles. The minimum absolute atomic E-state index is 0.00893. The molecule has 0 spiro atoms. The van der Waals surface area contributed by atoms with Gasteiger partial charge in [-0.25, -0.2) is 9.59 Å². The SMILES string of the molecule is CC(C)(C)OC(=O)N1CCC[C@H]1C(=O)N[C@@H](CC(=O)OCc1ccccc1)C(=O)O. The summed E-state index contributed by atoms with van der Waals surface area (Å²) in [5, 5.41) is 11.7. The highest BCUT2D eigenvalue weighted by atomic mass is 16.6. The highest BCUT2D eigenvalue weighted by Gasteiger charge is 2.38. The first kappa shape index (κ1) is 23.2. The Labute approximate surface area is 175 Å². The van der Waals surface area contributed by atoms with Gasteiger partial charge in [0.25, 0.3) is 0 Å². The van der Waals surface area contributed by atoms with Gasteiger partial charge in [-0.3, -0.25) is 14.5 Å². The van der Waals surface area contributed by atoms with Gasteiger partial charge in [0.1, 0.15) is 24.3 Å². The van der Waals surface area contributed by atoms with E-state index in [1.807, 2.05) is 6.07 Å². The summed E-state index contributed by atoms with van der Waals surface area (Å²) in [5.74, 6) is -2.74. The van der Waals surface area contributed by atoms with Crippen molar-refractivity contribution in [3.8, 4) is 0 Å². The van der Waals surface area contributed by atoms with E-state index in [0.717, 1.165) is 5.56 Å². The van der Waals surface area contributed by atoms with Gasteiger partial charge in [-0.15, -0.1) is 0 Å². The number of nitrogens with zero attached hydrogens (tertiary/aromatic N) is 1. The third kappa shape index (κ3) is 7.06. The Morgan fingerprint density at radius 2 is 1.87 bits per heavy atom. The van der Waals surface area contributed by atoms with Crippen molar-refractivity contribution >= 4 is 23.9 Å². The number of hydrogen-bond donors (Lipinski definition) is 2. The van der Waals surface area contributed by atoms with Crippen molar-refractivity contribution in [2.75, 3.05) is 6.54 Å². The molecular weight excluding hydrogens is 392 g/mol. The third-order valence-electron chi connectivity index (χ3n) is 4.41. The zero-order valence-corrected chi connectivity index (χ0v) is 17.4. The van der Waals surface area contributed by atoms with Gasteiger partial charge in [-0.2, -0.15) is 0 Å². The van der Waals surface area contributed by atoms with Crippen LogP contribution >= 0.6 is 0 Å². The van der Waals surface area contributed by atoms with Crippen LogP contribution in [0.1, 0.15) is 45.6 Å². The number of carboxylic acid groups (broad SMARTS) is 1. The molecule has 2 rings (SSSR count). The van der Waals surface area contributed by atoms with Crippen molar-refractivity contribution < 1.29 is 33.8 Å². The lowest BCUT2D eigenvalue weighted by atomic mass is 10.1. The molecule has 0 bridgehead atoms. The first-order chi connectivity index (χ1) is 14.1. The molecule has 9 nitrogen and oxygen atoms in total. The van der Waals surface area contributed by atoms with Gasteiger partial charge in [0.2, 0.25) is 5.91 Å². The smallest absolute Gasteiger partial charge is 0.410 e. The summed E-state index contributed by atoms with van der Waals surface area (Å²) in [5.41, 5.74) is 0.0491. The van der Waals surface area contributed by atoms with Gasteiger partial charge in [0.05, 0.1) is 6.42 Å². The van der Waals surface area contributed by atoms with Gasteiger partial charge in [-0.1, -0.05) is 30.3 Å². The summed E-state index contributed by atoms with van der Waals surface area (Å²) >= 11 is 0. The topological polar surface area (TPSA) is 122 Å². The molecule has 9 heteroatoms. The molecule has 1 aromatic rings. The van der Waals surface area contributed by atoms with E-state index in [1.54, 1.807) is 45.0 Å². The van der Waals surface area contributed by atoms with Crippen LogP contribution in [0.3, 0.4) is 0 Å². The molecule has 2 atom stereocenters. The summed E-state index contributed by atoms with van der Waals surface area (Å²) in [6.45, 7) is 5.51. The number of nitrogens with one attached hydrogen (secondary N) is 1. The molecule has 1 saturated heterocycles. The molecule has 1 aliphatic heterocycles. The maximum atomic E-state index is 12.6. The number of esters is 1. The second-order valence-electron chi connectivity index (χ2n) is 8.08. The van der Waals surface area contributed by atoms with Crippen molar-refractivity contribution in [1.82, 2.24) is 10.2 Å². The van der Waals surface area contributed by atoms with Crippen molar-refractivity contribution in [1.29, 1.82) is 0 Å². The summed E-state index contributed by atoms with van der Waals surface area (Å²) in [6.07, 6.45) is -0.175. The minimum atomic E-state index is -1.46. The number of carbonyl (C=O) groups excluding carboxylic acids is 3. The number of aliphatic carboxylic acids is 1. The van der Waals surface area contributed by atoms with E-state index in [-0.39, 0.29) is 6.61 Å². The maximum absolute atomic E-state index is 12.6. The lowest BCUT2D eigenvalue weighted by molar-refractivity contribution is -0.151. The zero-order chi connectivity index (χ0) is 22.3. The molecule has 164 valence electrons. The van der Waals surface area contributed by atoms with E-state index in [0.29, 0.717) is 19.4 Å². The average molecular weight is 420 g/mol. The van der Waals surface area contributed by atoms with Crippen LogP contribution in [0.4, 0.5) is 4.79 Å². The van der Waals surface area contributed by atoms with Crippen LogP contribution in [0.2, 0.25) is 0 Å². The second-order valence-corrected chi connectivity index (χ2v) is 8.08. The summed E-state index contributed by atoms with van der Waals surface area (Å²) in [7, 11) is 0. The van der Waals surface area contributed by atoms with E-state index in [1.165, 1.54) is 4.90 Å². The number of carboxylic acids is 1. The standard InChI is InChI=1S/C21H28N2O7/c1-21(2,3)30-20(28)23-11-7-10-16(23)18(25)22-15(19(26)27)12-17(24)29-13-14-8-5-4-6-9-14/h4-6,8-9,15-16H,7,10-13H2,1-3H3,(H,22,25)(H,26,27)/t15-,16-/m0/s1. The Kier molecular flexibility index (Phi) is 7.79. The molecule has 1 aliphatic rings. The predicted octanol–water partition coefficient (Wildman–Crippen LogP) is 2.09. The van der Waals surface area contributed by atoms with Crippen LogP contribution in [0.15, 0.2) is 30.3 Å². The molecule has 1 fully saturated rings. The fraction of sp³-hybridized carbons (Fsp3) is 0.524. The summed E-state index contributed by atoms with van der Waals surface area (Å²) < 4.78 is 10.4. The minimum Gasteiger partial charge on any atom is -0.480 e. The van der Waals surface area contributed by atoms with Crippen molar-refractivity contribution in [2.45, 2.75) is 64.3 Å². The first-order valence-electron chi connectivity index (χ1n) is 9.79. The highest BCUT2D eigenvalue weighted by Crippen LogP contribution is 2.21. The fourth-order valence-electron chi connectivity index (χ4n) is 3.01. The number of benzene rings is 1. The molecule has 1 aromatic carbocycles. The lowest BCUT2D eigenvalue weighted by Gasteiger charge is -2.28. The van der Waals surface area contributed by atoms with Gasteiger partial charge >= 0.3 is 18.0 Å². The van der Waals surface area contributed by atoms with Crippen LogP contribution in [0, 0.1) is 0 Å². The number of likely N-dealkylation sites (tertiary alicyclic amines) is 1.